The molecule has 0 radical (unpaired) electrons. The Morgan fingerprint density at radius 2 is 1.71 bits per heavy atom. The first-order chi connectivity index (χ1) is 10.1. The molecule has 0 unspecified atom stereocenters. The van der Waals surface area contributed by atoms with E-state index in [9.17, 15) is 0 Å². The molecular weight excluding hydrogens is 258 g/mol. The summed E-state index contributed by atoms with van der Waals surface area (Å²) in [6.07, 6.45) is 7.68. The summed E-state index contributed by atoms with van der Waals surface area (Å²) in [5, 5.41) is 0. The average Bonchev–Trinajstić information content (AvgIpc) is 2.47. The van der Waals surface area contributed by atoms with Gasteiger partial charge in [-0.1, -0.05) is 57.9 Å². The Morgan fingerprint density at radius 1 is 1.05 bits per heavy atom. The van der Waals surface area contributed by atoms with E-state index in [0.717, 1.165) is 0 Å². The number of nitrogens with two attached hydrogens (primary N) is 1. The summed E-state index contributed by atoms with van der Waals surface area (Å²) in [6, 6.07) is 8.81. The lowest BCUT2D eigenvalue weighted by Crippen LogP contribution is -2.17. The number of hydrogen-bond donors (Lipinski definition) is 1. The standard InChI is InChI=1S/C19H33NO/c1-4-10-19(3,11-5-2)12-9-17-7-6-8-18(15-17)16-21-14-13-20/h6-8,15H,4-5,9-14,16,20H2,1-3H3. The first kappa shape index (κ1) is 18.2. The summed E-state index contributed by atoms with van der Waals surface area (Å²) >= 11 is 0. The molecule has 0 heterocycles. The highest BCUT2D eigenvalue weighted by atomic mass is 16.5. The van der Waals surface area contributed by atoms with Gasteiger partial charge < -0.3 is 10.5 Å². The van der Waals surface area contributed by atoms with Crippen LogP contribution >= 0.6 is 0 Å². The molecule has 1 rings (SSSR count). The van der Waals surface area contributed by atoms with Crippen LogP contribution in [0.15, 0.2) is 24.3 Å². The zero-order valence-corrected chi connectivity index (χ0v) is 14.2. The van der Waals surface area contributed by atoms with Crippen molar-refractivity contribution in [3.63, 3.8) is 0 Å². The van der Waals surface area contributed by atoms with Crippen LogP contribution in [-0.4, -0.2) is 13.2 Å². The lowest BCUT2D eigenvalue weighted by molar-refractivity contribution is 0.128. The quantitative estimate of drug-likeness (QED) is 0.600. The minimum Gasteiger partial charge on any atom is -0.375 e. The summed E-state index contributed by atoms with van der Waals surface area (Å²) in [7, 11) is 0. The van der Waals surface area contributed by atoms with Gasteiger partial charge >= 0.3 is 0 Å². The van der Waals surface area contributed by atoms with Crippen LogP contribution in [0.4, 0.5) is 0 Å². The molecule has 0 fully saturated rings. The fourth-order valence-corrected chi connectivity index (χ4v) is 3.18. The van der Waals surface area contributed by atoms with Crippen LogP contribution in [0.3, 0.4) is 0 Å². The van der Waals surface area contributed by atoms with E-state index in [4.69, 9.17) is 10.5 Å². The van der Waals surface area contributed by atoms with E-state index < -0.39 is 0 Å². The maximum atomic E-state index is 5.52. The van der Waals surface area contributed by atoms with E-state index in [1.54, 1.807) is 0 Å². The smallest absolute Gasteiger partial charge is 0.0717 e. The molecule has 0 amide bonds. The van der Waals surface area contributed by atoms with E-state index in [1.165, 1.54) is 49.7 Å². The first-order valence-electron chi connectivity index (χ1n) is 8.49. The average molecular weight is 291 g/mol. The molecule has 1 aromatic carbocycles. The van der Waals surface area contributed by atoms with Crippen molar-refractivity contribution in [2.75, 3.05) is 13.2 Å². The Balaban J connectivity index is 2.55. The van der Waals surface area contributed by atoms with Crippen molar-refractivity contribution in [1.82, 2.24) is 0 Å². The fraction of sp³-hybridized carbons (Fsp3) is 0.684. The Hall–Kier alpha value is -0.860. The van der Waals surface area contributed by atoms with Crippen LogP contribution in [0.25, 0.3) is 0 Å². The third-order valence-electron chi connectivity index (χ3n) is 4.25. The van der Waals surface area contributed by atoms with Gasteiger partial charge in [0.1, 0.15) is 0 Å². The molecule has 0 atom stereocenters. The van der Waals surface area contributed by atoms with Gasteiger partial charge in [0, 0.05) is 6.54 Å². The van der Waals surface area contributed by atoms with Gasteiger partial charge in [-0.3, -0.25) is 0 Å². The van der Waals surface area contributed by atoms with Crippen molar-refractivity contribution < 1.29 is 4.74 Å². The predicted molar refractivity (Wildman–Crippen MR) is 91.4 cm³/mol. The number of benzene rings is 1. The van der Waals surface area contributed by atoms with Crippen LogP contribution in [-0.2, 0) is 17.8 Å². The van der Waals surface area contributed by atoms with Crippen molar-refractivity contribution in [1.29, 1.82) is 0 Å². The van der Waals surface area contributed by atoms with Crippen LogP contribution in [0.2, 0.25) is 0 Å². The molecule has 0 aliphatic carbocycles. The van der Waals surface area contributed by atoms with Crippen LogP contribution in [0.5, 0.6) is 0 Å². The highest BCUT2D eigenvalue weighted by Gasteiger charge is 2.21. The molecule has 0 saturated carbocycles. The highest BCUT2D eigenvalue weighted by Crippen LogP contribution is 2.34. The van der Waals surface area contributed by atoms with Gasteiger partial charge in [0.2, 0.25) is 0 Å². The maximum absolute atomic E-state index is 5.52. The van der Waals surface area contributed by atoms with Gasteiger partial charge in [0.15, 0.2) is 0 Å². The summed E-state index contributed by atoms with van der Waals surface area (Å²) in [6.45, 7) is 8.94. The fourth-order valence-electron chi connectivity index (χ4n) is 3.18. The lowest BCUT2D eigenvalue weighted by Gasteiger charge is -2.29. The predicted octanol–water partition coefficient (Wildman–Crippen LogP) is 4.70. The monoisotopic (exact) mass is 291 g/mol. The van der Waals surface area contributed by atoms with Gasteiger partial charge in [-0.15, -0.1) is 0 Å². The minimum absolute atomic E-state index is 0.496. The zero-order valence-electron chi connectivity index (χ0n) is 14.2. The number of rotatable bonds is 11. The molecule has 21 heavy (non-hydrogen) atoms. The number of ether oxygens (including phenoxy) is 1. The minimum atomic E-state index is 0.496. The normalized spacial score (nSPS) is 11.8. The summed E-state index contributed by atoms with van der Waals surface area (Å²) in [5.41, 5.74) is 8.64. The second-order valence-corrected chi connectivity index (χ2v) is 6.47. The van der Waals surface area contributed by atoms with Crippen molar-refractivity contribution in [2.45, 2.75) is 65.9 Å². The zero-order chi connectivity index (χ0) is 15.6. The molecule has 0 aliphatic rings. The largest absolute Gasteiger partial charge is 0.375 e. The molecule has 0 spiro atoms. The lowest BCUT2D eigenvalue weighted by atomic mass is 9.77. The van der Waals surface area contributed by atoms with Gasteiger partial charge in [-0.2, -0.15) is 0 Å². The summed E-state index contributed by atoms with van der Waals surface area (Å²) in [5.74, 6) is 0. The Kier molecular flexibility index (Phi) is 8.63. The molecule has 1 aromatic rings. The molecule has 0 aliphatic heterocycles. The molecule has 0 bridgehead atoms. The van der Waals surface area contributed by atoms with Crippen molar-refractivity contribution in [2.24, 2.45) is 11.1 Å². The summed E-state index contributed by atoms with van der Waals surface area (Å²) in [4.78, 5) is 0. The molecule has 120 valence electrons. The SMILES string of the molecule is CCCC(C)(CCC)CCc1cccc(COCCN)c1. The van der Waals surface area contributed by atoms with Crippen LogP contribution in [0.1, 0.15) is 64.0 Å². The number of hydrogen-bond acceptors (Lipinski definition) is 2. The van der Waals surface area contributed by atoms with Gasteiger partial charge in [0.25, 0.3) is 0 Å². The highest BCUT2D eigenvalue weighted by molar-refractivity contribution is 5.23. The molecule has 0 saturated heterocycles. The Bertz CT molecular complexity index is 383. The third-order valence-corrected chi connectivity index (χ3v) is 4.25. The summed E-state index contributed by atoms with van der Waals surface area (Å²) < 4.78 is 5.52. The van der Waals surface area contributed by atoms with Crippen LogP contribution < -0.4 is 5.73 Å². The van der Waals surface area contributed by atoms with E-state index in [2.05, 4.69) is 45.0 Å². The van der Waals surface area contributed by atoms with Gasteiger partial charge in [0.05, 0.1) is 13.2 Å². The van der Waals surface area contributed by atoms with E-state index >= 15 is 0 Å². The van der Waals surface area contributed by atoms with Crippen LogP contribution in [0, 0.1) is 5.41 Å². The van der Waals surface area contributed by atoms with E-state index in [-0.39, 0.29) is 0 Å². The topological polar surface area (TPSA) is 35.2 Å². The first-order valence-corrected chi connectivity index (χ1v) is 8.49. The van der Waals surface area contributed by atoms with Crippen molar-refractivity contribution >= 4 is 0 Å². The van der Waals surface area contributed by atoms with Gasteiger partial charge in [-0.05, 0) is 42.2 Å². The van der Waals surface area contributed by atoms with E-state index in [1.807, 2.05) is 0 Å². The van der Waals surface area contributed by atoms with E-state index in [0.29, 0.717) is 25.2 Å². The van der Waals surface area contributed by atoms with Gasteiger partial charge in [-0.25, -0.2) is 0 Å². The molecule has 2 nitrogen and oxygen atoms in total. The Morgan fingerprint density at radius 3 is 2.33 bits per heavy atom. The van der Waals surface area contributed by atoms with Crippen molar-refractivity contribution in [3.8, 4) is 0 Å². The second kappa shape index (κ2) is 9.97. The molecule has 2 heteroatoms. The third kappa shape index (κ3) is 7.10. The maximum Gasteiger partial charge on any atom is 0.0717 e. The molecule has 2 N–H and O–H groups in total. The Labute approximate surface area is 131 Å². The molecule has 0 aromatic heterocycles. The molecular formula is C19H33NO. The number of aryl methyl sites for hydroxylation is 1. The van der Waals surface area contributed by atoms with Crippen molar-refractivity contribution in [3.05, 3.63) is 35.4 Å². The second-order valence-electron chi connectivity index (χ2n) is 6.47.